The van der Waals surface area contributed by atoms with Gasteiger partial charge in [-0.05, 0) is 59.0 Å². The maximum atomic E-state index is 13.0. The van der Waals surface area contributed by atoms with E-state index < -0.39 is 12.0 Å². The van der Waals surface area contributed by atoms with Gasteiger partial charge in [0.05, 0.1) is 7.11 Å². The van der Waals surface area contributed by atoms with Crippen molar-refractivity contribution in [3.05, 3.63) is 114 Å². The van der Waals surface area contributed by atoms with Gasteiger partial charge in [-0.25, -0.2) is 0 Å². The zero-order valence-electron chi connectivity index (χ0n) is 21.8. The van der Waals surface area contributed by atoms with Crippen LogP contribution < -0.4 is 15.8 Å². The molecule has 4 rings (SSSR count). The highest BCUT2D eigenvalue weighted by atomic mass is 16.5. The molecule has 0 bridgehead atoms. The zero-order chi connectivity index (χ0) is 27.6. The van der Waals surface area contributed by atoms with Crippen LogP contribution in [0.1, 0.15) is 27.9 Å². The number of pyridine rings is 1. The normalized spacial score (nSPS) is 11.7. The van der Waals surface area contributed by atoms with E-state index in [0.717, 1.165) is 22.3 Å². The summed E-state index contributed by atoms with van der Waals surface area (Å²) in [4.78, 5) is 30.9. The first-order chi connectivity index (χ1) is 18.9. The van der Waals surface area contributed by atoms with E-state index in [0.29, 0.717) is 36.6 Å². The standard InChI is InChI=1S/C31H32N4O4/c1-39-26-12-7-11-23(18-26)30(36)34-29-13-6-5-10-24(29)20-35(17-15-28(32)31(37)38)21-25-19-33-16-14-27(25)22-8-3-2-4-9-22/h2-14,16,18-19,28H,15,17,20-21,32H2,1H3,(H,34,36)(H,37,38)/t28-/m0/s1. The summed E-state index contributed by atoms with van der Waals surface area (Å²) < 4.78 is 5.25. The number of carboxylic acids is 1. The molecule has 39 heavy (non-hydrogen) atoms. The summed E-state index contributed by atoms with van der Waals surface area (Å²) >= 11 is 0. The number of rotatable bonds is 12. The first-order valence-electron chi connectivity index (χ1n) is 12.7. The molecule has 1 heterocycles. The van der Waals surface area contributed by atoms with Crippen molar-refractivity contribution < 1.29 is 19.4 Å². The number of nitrogens with zero attached hydrogens (tertiary/aromatic N) is 2. The predicted octanol–water partition coefficient (Wildman–Crippen LogP) is 4.81. The molecule has 1 atom stereocenters. The van der Waals surface area contributed by atoms with Gasteiger partial charge in [0.1, 0.15) is 11.8 Å². The number of aliphatic carboxylic acids is 1. The Bertz CT molecular complexity index is 1410. The zero-order valence-corrected chi connectivity index (χ0v) is 21.8. The molecule has 0 saturated heterocycles. The Morgan fingerprint density at radius 1 is 0.974 bits per heavy atom. The van der Waals surface area contributed by atoms with Crippen LogP contribution in [0.15, 0.2) is 97.3 Å². The minimum Gasteiger partial charge on any atom is -0.497 e. The molecule has 1 amide bonds. The summed E-state index contributed by atoms with van der Waals surface area (Å²) in [6, 6.07) is 25.6. The lowest BCUT2D eigenvalue weighted by molar-refractivity contribution is -0.138. The van der Waals surface area contributed by atoms with Gasteiger partial charge in [0.25, 0.3) is 5.91 Å². The van der Waals surface area contributed by atoms with Crippen molar-refractivity contribution in [1.29, 1.82) is 0 Å². The SMILES string of the molecule is COc1cccc(C(=O)Nc2ccccc2CN(CC[C@H](N)C(=O)O)Cc2cnccc2-c2ccccc2)c1. The number of carboxylic acid groups (broad SMARTS) is 1. The van der Waals surface area contributed by atoms with Crippen molar-refractivity contribution in [3.63, 3.8) is 0 Å². The number of benzene rings is 3. The van der Waals surface area contributed by atoms with Gasteiger partial charge < -0.3 is 20.9 Å². The van der Waals surface area contributed by atoms with Gasteiger partial charge >= 0.3 is 5.97 Å². The second kappa shape index (κ2) is 13.3. The van der Waals surface area contributed by atoms with Crippen LogP contribution in [0, 0.1) is 0 Å². The van der Waals surface area contributed by atoms with Gasteiger partial charge in [0.15, 0.2) is 0 Å². The Morgan fingerprint density at radius 3 is 2.49 bits per heavy atom. The first kappa shape index (κ1) is 27.5. The second-order valence-corrected chi connectivity index (χ2v) is 9.19. The lowest BCUT2D eigenvalue weighted by atomic mass is 10.0. The molecule has 4 aromatic rings. The molecule has 0 spiro atoms. The molecule has 3 aromatic carbocycles. The third kappa shape index (κ3) is 7.50. The van der Waals surface area contributed by atoms with Crippen LogP contribution >= 0.6 is 0 Å². The summed E-state index contributed by atoms with van der Waals surface area (Å²) in [5, 5.41) is 12.4. The number of ether oxygens (including phenoxy) is 1. The minimum absolute atomic E-state index is 0.251. The van der Waals surface area contributed by atoms with Crippen LogP contribution in [0.4, 0.5) is 5.69 Å². The lowest BCUT2D eigenvalue weighted by Crippen LogP contribution is -2.35. The molecule has 0 fully saturated rings. The number of carbonyl (C=O) groups is 2. The van der Waals surface area contributed by atoms with Crippen LogP contribution in [0.3, 0.4) is 0 Å². The molecule has 0 aliphatic heterocycles. The summed E-state index contributed by atoms with van der Waals surface area (Å²) in [6.07, 6.45) is 3.87. The van der Waals surface area contributed by atoms with Gasteiger partial charge in [-0.2, -0.15) is 0 Å². The van der Waals surface area contributed by atoms with Crippen LogP contribution in [0.5, 0.6) is 5.75 Å². The molecule has 200 valence electrons. The number of hydrogen-bond acceptors (Lipinski definition) is 6. The van der Waals surface area contributed by atoms with Crippen LogP contribution in [-0.2, 0) is 17.9 Å². The van der Waals surface area contributed by atoms with Crippen molar-refractivity contribution in [3.8, 4) is 16.9 Å². The number of carbonyl (C=O) groups excluding carboxylic acids is 1. The smallest absolute Gasteiger partial charge is 0.320 e. The topological polar surface area (TPSA) is 118 Å². The predicted molar refractivity (Wildman–Crippen MR) is 151 cm³/mol. The average Bonchev–Trinajstić information content (AvgIpc) is 2.97. The molecule has 0 aliphatic rings. The van der Waals surface area contributed by atoms with Gasteiger partial charge in [-0.15, -0.1) is 0 Å². The number of hydrogen-bond donors (Lipinski definition) is 3. The van der Waals surface area contributed by atoms with Crippen LogP contribution in [0.25, 0.3) is 11.1 Å². The van der Waals surface area contributed by atoms with Crippen LogP contribution in [-0.4, -0.2) is 46.6 Å². The fraction of sp³-hybridized carbons (Fsp3) is 0.194. The number of methoxy groups -OCH3 is 1. The molecule has 0 saturated carbocycles. The fourth-order valence-corrected chi connectivity index (χ4v) is 4.33. The molecule has 8 nitrogen and oxygen atoms in total. The third-order valence-corrected chi connectivity index (χ3v) is 6.45. The highest BCUT2D eigenvalue weighted by molar-refractivity contribution is 6.04. The number of nitrogens with one attached hydrogen (secondary N) is 1. The number of amides is 1. The minimum atomic E-state index is -1.03. The monoisotopic (exact) mass is 524 g/mol. The summed E-state index contributed by atoms with van der Waals surface area (Å²) in [7, 11) is 1.56. The Hall–Kier alpha value is -4.53. The van der Waals surface area contributed by atoms with E-state index in [4.69, 9.17) is 10.5 Å². The molecular weight excluding hydrogens is 492 g/mol. The Labute approximate surface area is 228 Å². The molecular formula is C31H32N4O4. The summed E-state index contributed by atoms with van der Waals surface area (Å²) in [5.41, 5.74) is 11.0. The maximum absolute atomic E-state index is 13.0. The molecule has 0 aliphatic carbocycles. The fourth-order valence-electron chi connectivity index (χ4n) is 4.33. The van der Waals surface area contributed by atoms with Crippen molar-refractivity contribution in [2.24, 2.45) is 5.73 Å². The van der Waals surface area contributed by atoms with E-state index in [9.17, 15) is 14.7 Å². The largest absolute Gasteiger partial charge is 0.497 e. The van der Waals surface area contributed by atoms with E-state index in [1.807, 2.05) is 66.9 Å². The first-order valence-corrected chi connectivity index (χ1v) is 12.7. The Morgan fingerprint density at radius 2 is 1.72 bits per heavy atom. The lowest BCUT2D eigenvalue weighted by Gasteiger charge is -2.25. The highest BCUT2D eigenvalue weighted by Gasteiger charge is 2.18. The molecule has 8 heteroatoms. The second-order valence-electron chi connectivity index (χ2n) is 9.19. The van der Waals surface area contributed by atoms with Gasteiger partial charge in [0.2, 0.25) is 0 Å². The molecule has 0 unspecified atom stereocenters. The van der Waals surface area contributed by atoms with Crippen molar-refractivity contribution in [2.75, 3.05) is 19.0 Å². The third-order valence-electron chi connectivity index (χ3n) is 6.45. The van der Waals surface area contributed by atoms with E-state index in [-0.39, 0.29) is 12.3 Å². The number of nitrogens with two attached hydrogens (primary N) is 1. The number of anilines is 1. The maximum Gasteiger partial charge on any atom is 0.320 e. The number of aromatic nitrogens is 1. The highest BCUT2D eigenvalue weighted by Crippen LogP contribution is 2.26. The van der Waals surface area contributed by atoms with Crippen LogP contribution in [0.2, 0.25) is 0 Å². The number of para-hydroxylation sites is 1. The van der Waals surface area contributed by atoms with E-state index in [1.165, 1.54) is 0 Å². The quantitative estimate of drug-likeness (QED) is 0.243. The summed E-state index contributed by atoms with van der Waals surface area (Å²) in [5.74, 6) is -0.686. The van der Waals surface area contributed by atoms with Crippen molar-refractivity contribution in [1.82, 2.24) is 9.88 Å². The van der Waals surface area contributed by atoms with E-state index >= 15 is 0 Å². The molecule has 0 radical (unpaired) electrons. The van der Waals surface area contributed by atoms with Gasteiger partial charge in [-0.3, -0.25) is 19.5 Å². The Kier molecular flexibility index (Phi) is 9.39. The van der Waals surface area contributed by atoms with E-state index in [1.54, 1.807) is 37.6 Å². The molecule has 4 N–H and O–H groups in total. The summed E-state index contributed by atoms with van der Waals surface area (Å²) in [6.45, 7) is 1.42. The van der Waals surface area contributed by atoms with Crippen molar-refractivity contribution in [2.45, 2.75) is 25.6 Å². The van der Waals surface area contributed by atoms with Gasteiger partial charge in [-0.1, -0.05) is 54.6 Å². The molecule has 1 aromatic heterocycles. The average molecular weight is 525 g/mol. The Balaban J connectivity index is 1.59. The van der Waals surface area contributed by atoms with Crippen molar-refractivity contribution >= 4 is 17.6 Å². The van der Waals surface area contributed by atoms with Gasteiger partial charge in [0, 0.05) is 43.3 Å². The van der Waals surface area contributed by atoms with E-state index in [2.05, 4.69) is 15.2 Å².